The molecular formula is C13H20BrN5. The smallest absolute Gasteiger partial charge is 0.155 e. The van der Waals surface area contributed by atoms with E-state index in [0.717, 1.165) is 28.2 Å². The summed E-state index contributed by atoms with van der Waals surface area (Å²) in [6.07, 6.45) is 0.744. The van der Waals surface area contributed by atoms with Gasteiger partial charge in [-0.05, 0) is 55.4 Å². The van der Waals surface area contributed by atoms with E-state index < -0.39 is 0 Å². The molecule has 0 aliphatic heterocycles. The van der Waals surface area contributed by atoms with Gasteiger partial charge in [0.25, 0.3) is 0 Å². The van der Waals surface area contributed by atoms with Crippen LogP contribution in [0.2, 0.25) is 0 Å². The first-order valence-corrected chi connectivity index (χ1v) is 7.12. The van der Waals surface area contributed by atoms with Crippen LogP contribution in [0.3, 0.4) is 0 Å². The molecule has 0 aliphatic rings. The van der Waals surface area contributed by atoms with Gasteiger partial charge in [-0.2, -0.15) is 0 Å². The van der Waals surface area contributed by atoms with Crippen LogP contribution >= 0.6 is 15.9 Å². The first kappa shape index (κ1) is 14.3. The maximum Gasteiger partial charge on any atom is 0.155 e. The van der Waals surface area contributed by atoms with Crippen LogP contribution in [0.5, 0.6) is 0 Å². The molecule has 5 nitrogen and oxygen atoms in total. The minimum Gasteiger partial charge on any atom is -0.353 e. The third kappa shape index (κ3) is 2.74. The molecule has 0 amide bonds. The molecule has 2 rings (SSSR count). The second kappa shape index (κ2) is 5.09. The second-order valence-electron chi connectivity index (χ2n) is 5.58. The van der Waals surface area contributed by atoms with Gasteiger partial charge in [0, 0.05) is 19.0 Å². The average molecular weight is 326 g/mol. The topological polar surface area (TPSA) is 59.5 Å². The molecule has 0 aliphatic carbocycles. The number of fused-ring (bicyclic) bond motifs is 1. The van der Waals surface area contributed by atoms with Gasteiger partial charge < -0.3 is 10.6 Å². The van der Waals surface area contributed by atoms with Crippen LogP contribution < -0.4 is 10.6 Å². The predicted molar refractivity (Wildman–Crippen MR) is 81.6 cm³/mol. The van der Waals surface area contributed by atoms with Crippen molar-refractivity contribution in [3.63, 3.8) is 0 Å². The molecule has 0 unspecified atom stereocenters. The van der Waals surface area contributed by atoms with E-state index >= 15 is 0 Å². The lowest BCUT2D eigenvalue weighted by molar-refractivity contribution is 0.530. The largest absolute Gasteiger partial charge is 0.353 e. The Balaban J connectivity index is 2.48. The van der Waals surface area contributed by atoms with Crippen LogP contribution in [-0.2, 0) is 6.42 Å². The molecule has 0 fully saturated rings. The summed E-state index contributed by atoms with van der Waals surface area (Å²) in [5.74, 6) is 0.914. The van der Waals surface area contributed by atoms with Gasteiger partial charge in [-0.3, -0.25) is 0 Å². The minimum atomic E-state index is 0.0216. The second-order valence-corrected chi connectivity index (χ2v) is 6.33. The summed E-state index contributed by atoms with van der Waals surface area (Å²) in [6.45, 7) is 7.04. The lowest BCUT2D eigenvalue weighted by Gasteiger charge is -2.32. The summed E-state index contributed by atoms with van der Waals surface area (Å²) in [5, 5.41) is 4.64. The molecule has 2 aromatic heterocycles. The fourth-order valence-corrected chi connectivity index (χ4v) is 2.31. The first-order chi connectivity index (χ1) is 8.84. The van der Waals surface area contributed by atoms with Crippen LogP contribution in [0.1, 0.15) is 26.5 Å². The Hall–Kier alpha value is -1.14. The van der Waals surface area contributed by atoms with Crippen molar-refractivity contribution in [2.75, 3.05) is 18.5 Å². The monoisotopic (exact) mass is 325 g/mol. The van der Waals surface area contributed by atoms with Crippen molar-refractivity contribution in [1.29, 1.82) is 0 Å². The highest BCUT2D eigenvalue weighted by molar-refractivity contribution is 9.10. The summed E-state index contributed by atoms with van der Waals surface area (Å²) in [4.78, 5) is 6.66. The number of nitrogens with zero attached hydrogens (tertiary/aromatic N) is 4. The molecule has 0 bridgehead atoms. The summed E-state index contributed by atoms with van der Waals surface area (Å²) in [5.41, 5.74) is 7.39. The van der Waals surface area contributed by atoms with Crippen molar-refractivity contribution in [1.82, 2.24) is 14.6 Å². The number of nitrogens with two attached hydrogens (primary N) is 1. The fraction of sp³-hybridized carbons (Fsp3) is 0.538. The molecule has 0 saturated carbocycles. The van der Waals surface area contributed by atoms with E-state index in [-0.39, 0.29) is 5.54 Å². The minimum absolute atomic E-state index is 0.0216. The Labute approximate surface area is 121 Å². The zero-order chi connectivity index (χ0) is 14.2. The molecule has 0 radical (unpaired) electrons. The molecule has 2 heterocycles. The Morgan fingerprint density at radius 1 is 1.37 bits per heavy atom. The number of halogens is 1. The van der Waals surface area contributed by atoms with E-state index in [1.807, 2.05) is 23.7 Å². The molecule has 19 heavy (non-hydrogen) atoms. The van der Waals surface area contributed by atoms with Crippen LogP contribution in [0, 0.1) is 0 Å². The lowest BCUT2D eigenvalue weighted by Crippen LogP contribution is -2.38. The predicted octanol–water partition coefficient (Wildman–Crippen LogP) is 2.23. The summed E-state index contributed by atoms with van der Waals surface area (Å²) < 4.78 is 2.71. The van der Waals surface area contributed by atoms with Crippen molar-refractivity contribution in [3.8, 4) is 0 Å². The highest BCUT2D eigenvalue weighted by atomic mass is 79.9. The zero-order valence-electron chi connectivity index (χ0n) is 11.8. The number of hydrogen-bond acceptors (Lipinski definition) is 4. The number of imidazole rings is 1. The Bertz CT molecular complexity index is 584. The van der Waals surface area contributed by atoms with Crippen molar-refractivity contribution in [2.24, 2.45) is 5.73 Å². The van der Waals surface area contributed by atoms with Gasteiger partial charge in [0.15, 0.2) is 5.65 Å². The van der Waals surface area contributed by atoms with Gasteiger partial charge in [0.2, 0.25) is 0 Å². The van der Waals surface area contributed by atoms with Crippen LogP contribution in [-0.4, -0.2) is 33.7 Å². The normalized spacial score (nSPS) is 12.1. The number of anilines is 1. The molecule has 2 aromatic rings. The zero-order valence-corrected chi connectivity index (χ0v) is 13.4. The SMILES string of the molecule is CN(c1ccc2nc(CCN)c(Br)n2n1)C(C)(C)C. The summed E-state index contributed by atoms with van der Waals surface area (Å²) in [6, 6.07) is 3.97. The molecule has 0 saturated heterocycles. The highest BCUT2D eigenvalue weighted by Crippen LogP contribution is 2.23. The van der Waals surface area contributed by atoms with Crippen LogP contribution in [0.25, 0.3) is 5.65 Å². The van der Waals surface area contributed by atoms with E-state index in [2.05, 4.69) is 51.7 Å². The van der Waals surface area contributed by atoms with Crippen LogP contribution in [0.15, 0.2) is 16.7 Å². The van der Waals surface area contributed by atoms with Gasteiger partial charge in [-0.1, -0.05) is 0 Å². The van der Waals surface area contributed by atoms with Crippen LogP contribution in [0.4, 0.5) is 5.82 Å². The van der Waals surface area contributed by atoms with Gasteiger partial charge >= 0.3 is 0 Å². The quantitative estimate of drug-likeness (QED) is 0.940. The lowest BCUT2D eigenvalue weighted by atomic mass is 10.1. The maximum absolute atomic E-state index is 5.59. The van der Waals surface area contributed by atoms with E-state index in [0.29, 0.717) is 6.54 Å². The Morgan fingerprint density at radius 2 is 2.05 bits per heavy atom. The molecule has 0 aromatic carbocycles. The number of aromatic nitrogens is 3. The van der Waals surface area contributed by atoms with E-state index in [9.17, 15) is 0 Å². The molecular weight excluding hydrogens is 306 g/mol. The van der Waals surface area contributed by atoms with Crippen molar-refractivity contribution >= 4 is 27.4 Å². The maximum atomic E-state index is 5.59. The molecule has 0 atom stereocenters. The molecule has 0 spiro atoms. The summed E-state index contributed by atoms with van der Waals surface area (Å²) >= 11 is 3.55. The van der Waals surface area contributed by atoms with Gasteiger partial charge in [0.1, 0.15) is 10.4 Å². The molecule has 2 N–H and O–H groups in total. The summed E-state index contributed by atoms with van der Waals surface area (Å²) in [7, 11) is 2.04. The van der Waals surface area contributed by atoms with E-state index in [1.54, 1.807) is 0 Å². The number of hydrogen-bond donors (Lipinski definition) is 1. The Morgan fingerprint density at radius 3 is 2.63 bits per heavy atom. The molecule has 104 valence electrons. The fourth-order valence-electron chi connectivity index (χ4n) is 1.76. The average Bonchev–Trinajstić information content (AvgIpc) is 2.65. The third-order valence-corrected chi connectivity index (χ3v) is 4.00. The van der Waals surface area contributed by atoms with Crippen molar-refractivity contribution in [2.45, 2.75) is 32.7 Å². The Kier molecular flexibility index (Phi) is 3.82. The standard InChI is InChI=1S/C13H20BrN5/c1-13(2,3)18(4)11-6-5-10-16-9(7-8-15)12(14)19(10)17-11/h5-6H,7-8,15H2,1-4H3. The van der Waals surface area contributed by atoms with Gasteiger partial charge in [-0.25, -0.2) is 9.50 Å². The van der Waals surface area contributed by atoms with Crippen molar-refractivity contribution < 1.29 is 0 Å². The van der Waals surface area contributed by atoms with Gasteiger partial charge in [-0.15, -0.1) is 5.10 Å². The van der Waals surface area contributed by atoms with E-state index in [4.69, 9.17) is 5.73 Å². The first-order valence-electron chi connectivity index (χ1n) is 6.32. The number of rotatable bonds is 3. The van der Waals surface area contributed by atoms with Gasteiger partial charge in [0.05, 0.1) is 5.69 Å². The molecule has 6 heteroatoms. The van der Waals surface area contributed by atoms with E-state index in [1.165, 1.54) is 0 Å². The van der Waals surface area contributed by atoms with Crippen molar-refractivity contribution in [3.05, 3.63) is 22.4 Å². The third-order valence-electron chi connectivity index (χ3n) is 3.21. The highest BCUT2D eigenvalue weighted by Gasteiger charge is 2.20.